The summed E-state index contributed by atoms with van der Waals surface area (Å²) in [5.74, 6) is -1.45. The standard InChI is InChI=1S/C11H12F3N3O2/c1-5-7(10(19)17-6(2)9(15)18)3-4-8(16-5)11(12,13)14/h3-4,6H,1-2H3,(H2,15,18)(H,17,19)/t6-/m1/s1. The zero-order valence-corrected chi connectivity index (χ0v) is 10.2. The van der Waals surface area contributed by atoms with E-state index in [0.717, 1.165) is 6.07 Å². The molecular formula is C11H12F3N3O2. The normalized spacial score (nSPS) is 12.9. The molecule has 0 saturated heterocycles. The number of alkyl halides is 3. The molecule has 3 N–H and O–H groups in total. The van der Waals surface area contributed by atoms with Gasteiger partial charge in [0, 0.05) is 0 Å². The minimum atomic E-state index is -4.57. The van der Waals surface area contributed by atoms with E-state index in [1.165, 1.54) is 13.8 Å². The lowest BCUT2D eigenvalue weighted by atomic mass is 10.1. The predicted octanol–water partition coefficient (Wildman–Crippen LogP) is 1.01. The Labute approximate surface area is 107 Å². The molecule has 0 aliphatic rings. The summed E-state index contributed by atoms with van der Waals surface area (Å²) in [6.45, 7) is 2.65. The van der Waals surface area contributed by atoms with Crippen LogP contribution in [0.5, 0.6) is 0 Å². The molecule has 5 nitrogen and oxygen atoms in total. The number of nitrogens with two attached hydrogens (primary N) is 1. The van der Waals surface area contributed by atoms with E-state index >= 15 is 0 Å². The summed E-state index contributed by atoms with van der Waals surface area (Å²) in [5, 5.41) is 2.26. The van der Waals surface area contributed by atoms with Crippen molar-refractivity contribution in [2.75, 3.05) is 0 Å². The second-order valence-electron chi connectivity index (χ2n) is 3.92. The molecule has 0 fully saturated rings. The Morgan fingerprint density at radius 1 is 1.37 bits per heavy atom. The molecule has 8 heteroatoms. The van der Waals surface area contributed by atoms with Crippen LogP contribution in [0.15, 0.2) is 12.1 Å². The third-order valence-electron chi connectivity index (χ3n) is 2.40. The van der Waals surface area contributed by atoms with Gasteiger partial charge in [0.15, 0.2) is 0 Å². The number of primary amides is 1. The first kappa shape index (κ1) is 14.9. The number of aromatic nitrogens is 1. The summed E-state index contributed by atoms with van der Waals surface area (Å²) in [4.78, 5) is 25.8. The van der Waals surface area contributed by atoms with E-state index < -0.39 is 29.7 Å². The highest BCUT2D eigenvalue weighted by Crippen LogP contribution is 2.28. The highest BCUT2D eigenvalue weighted by atomic mass is 19.4. The fourth-order valence-electron chi connectivity index (χ4n) is 1.30. The summed E-state index contributed by atoms with van der Waals surface area (Å²) >= 11 is 0. The van der Waals surface area contributed by atoms with Crippen molar-refractivity contribution in [3.63, 3.8) is 0 Å². The molecule has 0 saturated carbocycles. The van der Waals surface area contributed by atoms with Crippen LogP contribution in [0.3, 0.4) is 0 Å². The summed E-state index contributed by atoms with van der Waals surface area (Å²) in [6.07, 6.45) is -4.57. The molecule has 2 amide bonds. The second-order valence-corrected chi connectivity index (χ2v) is 3.92. The van der Waals surface area contributed by atoms with Gasteiger partial charge in [-0.15, -0.1) is 0 Å². The largest absolute Gasteiger partial charge is 0.433 e. The van der Waals surface area contributed by atoms with E-state index in [1.807, 2.05) is 0 Å². The number of aryl methyl sites for hydroxylation is 1. The van der Waals surface area contributed by atoms with Crippen LogP contribution in [-0.4, -0.2) is 22.8 Å². The molecule has 0 radical (unpaired) electrons. The summed E-state index contributed by atoms with van der Waals surface area (Å²) in [5.41, 5.74) is 3.76. The van der Waals surface area contributed by atoms with Crippen LogP contribution in [0, 0.1) is 6.92 Å². The maximum absolute atomic E-state index is 12.4. The van der Waals surface area contributed by atoms with Crippen LogP contribution >= 0.6 is 0 Å². The number of halogens is 3. The van der Waals surface area contributed by atoms with Crippen molar-refractivity contribution in [2.45, 2.75) is 26.1 Å². The Hall–Kier alpha value is -2.12. The summed E-state index contributed by atoms with van der Waals surface area (Å²) in [6, 6.07) is 0.791. The van der Waals surface area contributed by atoms with Gasteiger partial charge in [-0.25, -0.2) is 4.98 Å². The number of carbonyl (C=O) groups excluding carboxylic acids is 2. The minimum absolute atomic E-state index is 0.0406. The van der Waals surface area contributed by atoms with Crippen molar-refractivity contribution in [3.05, 3.63) is 29.1 Å². The van der Waals surface area contributed by atoms with E-state index in [9.17, 15) is 22.8 Å². The first-order valence-corrected chi connectivity index (χ1v) is 5.28. The molecular weight excluding hydrogens is 263 g/mol. The van der Waals surface area contributed by atoms with Gasteiger partial charge in [-0.3, -0.25) is 9.59 Å². The summed E-state index contributed by atoms with van der Waals surface area (Å²) < 4.78 is 37.2. The van der Waals surface area contributed by atoms with Crippen molar-refractivity contribution in [3.8, 4) is 0 Å². The zero-order valence-electron chi connectivity index (χ0n) is 10.2. The minimum Gasteiger partial charge on any atom is -0.368 e. The van der Waals surface area contributed by atoms with Crippen molar-refractivity contribution in [2.24, 2.45) is 5.73 Å². The number of hydrogen-bond donors (Lipinski definition) is 2. The third-order valence-corrected chi connectivity index (χ3v) is 2.40. The molecule has 0 aliphatic heterocycles. The number of amides is 2. The second kappa shape index (κ2) is 5.25. The zero-order chi connectivity index (χ0) is 14.8. The van der Waals surface area contributed by atoms with Crippen LogP contribution < -0.4 is 11.1 Å². The monoisotopic (exact) mass is 275 g/mol. The van der Waals surface area contributed by atoms with Gasteiger partial charge in [0.25, 0.3) is 5.91 Å². The molecule has 0 spiro atoms. The van der Waals surface area contributed by atoms with E-state index in [0.29, 0.717) is 6.07 Å². The van der Waals surface area contributed by atoms with E-state index in [-0.39, 0.29) is 11.3 Å². The number of rotatable bonds is 3. The van der Waals surface area contributed by atoms with Gasteiger partial charge >= 0.3 is 6.18 Å². The van der Waals surface area contributed by atoms with Gasteiger partial charge < -0.3 is 11.1 Å². The molecule has 1 heterocycles. The molecule has 0 aliphatic carbocycles. The maximum Gasteiger partial charge on any atom is 0.433 e. The molecule has 0 bridgehead atoms. The number of nitrogens with zero attached hydrogens (tertiary/aromatic N) is 1. The number of nitrogens with one attached hydrogen (secondary N) is 1. The van der Waals surface area contributed by atoms with Crippen LogP contribution in [-0.2, 0) is 11.0 Å². The Morgan fingerprint density at radius 3 is 2.37 bits per heavy atom. The topological polar surface area (TPSA) is 85.1 Å². The molecule has 104 valence electrons. The van der Waals surface area contributed by atoms with Crippen LogP contribution in [0.25, 0.3) is 0 Å². The molecule has 1 aromatic rings. The van der Waals surface area contributed by atoms with Crippen LogP contribution in [0.1, 0.15) is 28.7 Å². The molecule has 0 unspecified atom stereocenters. The molecule has 0 aromatic carbocycles. The van der Waals surface area contributed by atoms with E-state index in [4.69, 9.17) is 5.73 Å². The number of pyridine rings is 1. The van der Waals surface area contributed by atoms with Crippen molar-refractivity contribution in [1.82, 2.24) is 10.3 Å². The van der Waals surface area contributed by atoms with Crippen LogP contribution in [0.4, 0.5) is 13.2 Å². The lowest BCUT2D eigenvalue weighted by Crippen LogP contribution is -2.42. The highest BCUT2D eigenvalue weighted by Gasteiger charge is 2.33. The van der Waals surface area contributed by atoms with Gasteiger partial charge in [0.1, 0.15) is 11.7 Å². The fraction of sp³-hybridized carbons (Fsp3) is 0.364. The Bertz CT molecular complexity index is 514. The van der Waals surface area contributed by atoms with Crippen molar-refractivity contribution >= 4 is 11.8 Å². The van der Waals surface area contributed by atoms with Gasteiger partial charge in [-0.1, -0.05) is 0 Å². The van der Waals surface area contributed by atoms with Gasteiger partial charge in [-0.2, -0.15) is 13.2 Å². The number of hydrogen-bond acceptors (Lipinski definition) is 3. The van der Waals surface area contributed by atoms with Gasteiger partial charge in [0.05, 0.1) is 11.3 Å². The Morgan fingerprint density at radius 2 is 1.95 bits per heavy atom. The molecule has 1 rings (SSSR count). The first-order chi connectivity index (χ1) is 8.62. The SMILES string of the molecule is Cc1nc(C(F)(F)F)ccc1C(=O)N[C@H](C)C(N)=O. The Kier molecular flexibility index (Phi) is 4.13. The first-order valence-electron chi connectivity index (χ1n) is 5.28. The maximum atomic E-state index is 12.4. The van der Waals surface area contributed by atoms with Gasteiger partial charge in [-0.05, 0) is 26.0 Å². The summed E-state index contributed by atoms with van der Waals surface area (Å²) in [7, 11) is 0. The van der Waals surface area contributed by atoms with E-state index in [2.05, 4.69) is 10.3 Å². The van der Waals surface area contributed by atoms with E-state index in [1.54, 1.807) is 0 Å². The van der Waals surface area contributed by atoms with Crippen molar-refractivity contribution < 1.29 is 22.8 Å². The third kappa shape index (κ3) is 3.67. The quantitative estimate of drug-likeness (QED) is 0.863. The lowest BCUT2D eigenvalue weighted by molar-refractivity contribution is -0.141. The molecule has 1 aromatic heterocycles. The highest BCUT2D eigenvalue weighted by molar-refractivity contribution is 5.97. The number of carbonyl (C=O) groups is 2. The molecule has 19 heavy (non-hydrogen) atoms. The molecule has 1 atom stereocenters. The predicted molar refractivity (Wildman–Crippen MR) is 60.1 cm³/mol. The fourth-order valence-corrected chi connectivity index (χ4v) is 1.30. The smallest absolute Gasteiger partial charge is 0.368 e. The average Bonchev–Trinajstić information content (AvgIpc) is 2.27. The average molecular weight is 275 g/mol. The lowest BCUT2D eigenvalue weighted by Gasteiger charge is -2.12. The Balaban J connectivity index is 2.97. The van der Waals surface area contributed by atoms with Gasteiger partial charge in [0.2, 0.25) is 5.91 Å². The van der Waals surface area contributed by atoms with Crippen LogP contribution in [0.2, 0.25) is 0 Å². The van der Waals surface area contributed by atoms with Crippen molar-refractivity contribution in [1.29, 1.82) is 0 Å².